The molecule has 5 rings (SSSR count). The molecule has 2 aliphatic rings. The standard InChI is InChI=1S/C21H24N2O3S2/c24-20-18-16-8-1-2-9-17(16)28-19(18)22-21(23(20)12-14-7-5-11-25-14)27-13-15-6-3-4-10-26-15/h5,7,11,15H,1-4,6,8-10,12-13H2. The molecule has 4 heterocycles. The number of furan rings is 1. The first kappa shape index (κ1) is 18.5. The molecule has 1 atom stereocenters. The van der Waals surface area contributed by atoms with Crippen LogP contribution in [0.15, 0.2) is 32.8 Å². The van der Waals surface area contributed by atoms with Gasteiger partial charge >= 0.3 is 0 Å². The number of aryl methyl sites for hydroxylation is 2. The van der Waals surface area contributed by atoms with Crippen molar-refractivity contribution in [3.8, 4) is 0 Å². The summed E-state index contributed by atoms with van der Waals surface area (Å²) in [6.07, 6.45) is 9.80. The van der Waals surface area contributed by atoms with Crippen LogP contribution in [0.3, 0.4) is 0 Å². The molecule has 0 radical (unpaired) electrons. The highest BCUT2D eigenvalue weighted by atomic mass is 32.2. The molecule has 5 nitrogen and oxygen atoms in total. The first-order valence-corrected chi connectivity index (χ1v) is 11.9. The fraction of sp³-hybridized carbons (Fsp3) is 0.524. The predicted molar refractivity (Wildman–Crippen MR) is 113 cm³/mol. The molecule has 0 amide bonds. The van der Waals surface area contributed by atoms with Crippen molar-refractivity contribution in [1.82, 2.24) is 9.55 Å². The first-order valence-electron chi connectivity index (χ1n) is 10.1. The normalized spacial score (nSPS) is 19.8. The lowest BCUT2D eigenvalue weighted by molar-refractivity contribution is 0.0315. The van der Waals surface area contributed by atoms with Crippen LogP contribution in [-0.4, -0.2) is 28.0 Å². The summed E-state index contributed by atoms with van der Waals surface area (Å²) in [6, 6.07) is 3.78. The summed E-state index contributed by atoms with van der Waals surface area (Å²) < 4.78 is 13.2. The zero-order valence-corrected chi connectivity index (χ0v) is 17.4. The Bertz CT molecular complexity index is 1020. The summed E-state index contributed by atoms with van der Waals surface area (Å²) in [5.74, 6) is 1.62. The number of thioether (sulfide) groups is 1. The molecule has 0 aromatic carbocycles. The molecule has 3 aromatic heterocycles. The van der Waals surface area contributed by atoms with Gasteiger partial charge in [0.1, 0.15) is 10.6 Å². The maximum absolute atomic E-state index is 13.5. The van der Waals surface area contributed by atoms with Crippen molar-refractivity contribution in [3.05, 3.63) is 45.0 Å². The van der Waals surface area contributed by atoms with Crippen molar-refractivity contribution in [2.24, 2.45) is 0 Å². The van der Waals surface area contributed by atoms with E-state index in [9.17, 15) is 4.79 Å². The molecule has 1 aliphatic heterocycles. The van der Waals surface area contributed by atoms with Crippen LogP contribution >= 0.6 is 23.1 Å². The second kappa shape index (κ2) is 8.05. The van der Waals surface area contributed by atoms with Crippen LogP contribution in [0.2, 0.25) is 0 Å². The Balaban J connectivity index is 1.55. The third-order valence-corrected chi connectivity index (χ3v) is 7.90. The van der Waals surface area contributed by atoms with Crippen molar-refractivity contribution in [2.45, 2.75) is 62.8 Å². The second-order valence-electron chi connectivity index (χ2n) is 7.56. The van der Waals surface area contributed by atoms with Gasteiger partial charge in [-0.05, 0) is 62.6 Å². The molecular weight excluding hydrogens is 392 g/mol. The SMILES string of the molecule is O=c1c2c3c(sc2nc(SCC2CCCCO2)n1Cc1ccco1)CCCC3. The second-order valence-corrected chi connectivity index (χ2v) is 9.63. The molecule has 0 spiro atoms. The Morgan fingerprint density at radius 2 is 2.18 bits per heavy atom. The molecular formula is C21H24N2O3S2. The number of fused-ring (bicyclic) bond motifs is 3. The third kappa shape index (κ3) is 3.55. The van der Waals surface area contributed by atoms with Gasteiger partial charge in [0.05, 0.1) is 24.3 Å². The number of nitrogens with zero attached hydrogens (tertiary/aromatic N) is 2. The maximum Gasteiger partial charge on any atom is 0.263 e. The zero-order chi connectivity index (χ0) is 18.9. The summed E-state index contributed by atoms with van der Waals surface area (Å²) in [7, 11) is 0. The molecule has 0 saturated carbocycles. The van der Waals surface area contributed by atoms with E-state index in [0.717, 1.165) is 65.6 Å². The molecule has 3 aromatic rings. The largest absolute Gasteiger partial charge is 0.467 e. The van der Waals surface area contributed by atoms with E-state index in [4.69, 9.17) is 14.1 Å². The van der Waals surface area contributed by atoms with Crippen molar-refractivity contribution in [1.29, 1.82) is 0 Å². The van der Waals surface area contributed by atoms with Crippen molar-refractivity contribution >= 4 is 33.3 Å². The van der Waals surface area contributed by atoms with Gasteiger partial charge in [-0.15, -0.1) is 11.3 Å². The number of rotatable bonds is 5. The van der Waals surface area contributed by atoms with Gasteiger partial charge < -0.3 is 9.15 Å². The van der Waals surface area contributed by atoms with Crippen molar-refractivity contribution in [2.75, 3.05) is 12.4 Å². The monoisotopic (exact) mass is 416 g/mol. The number of hydrogen-bond acceptors (Lipinski definition) is 6. The Morgan fingerprint density at radius 3 is 3.00 bits per heavy atom. The fourth-order valence-corrected chi connectivity index (χ4v) is 6.50. The van der Waals surface area contributed by atoms with E-state index in [1.165, 1.54) is 23.3 Å². The topological polar surface area (TPSA) is 57.3 Å². The average Bonchev–Trinajstić information content (AvgIpc) is 3.37. The van der Waals surface area contributed by atoms with Crippen molar-refractivity contribution < 1.29 is 9.15 Å². The van der Waals surface area contributed by atoms with Crippen LogP contribution in [0, 0.1) is 0 Å². The zero-order valence-electron chi connectivity index (χ0n) is 15.8. The minimum absolute atomic E-state index is 0.0767. The summed E-state index contributed by atoms with van der Waals surface area (Å²) in [4.78, 5) is 20.7. The molecule has 1 saturated heterocycles. The van der Waals surface area contributed by atoms with Gasteiger partial charge in [0.25, 0.3) is 5.56 Å². The molecule has 0 N–H and O–H groups in total. The summed E-state index contributed by atoms with van der Waals surface area (Å²) in [5, 5.41) is 1.62. The molecule has 1 aliphatic carbocycles. The van der Waals surface area contributed by atoms with Crippen LogP contribution in [-0.2, 0) is 24.1 Å². The minimum atomic E-state index is 0.0767. The molecule has 1 unspecified atom stereocenters. The highest BCUT2D eigenvalue weighted by Crippen LogP contribution is 2.35. The first-order chi connectivity index (χ1) is 13.8. The summed E-state index contributed by atoms with van der Waals surface area (Å²) >= 11 is 3.36. The summed E-state index contributed by atoms with van der Waals surface area (Å²) in [5.41, 5.74) is 1.32. The molecule has 0 bridgehead atoms. The van der Waals surface area contributed by atoms with Crippen LogP contribution in [0.5, 0.6) is 0 Å². The quantitative estimate of drug-likeness (QED) is 0.448. The Labute approximate surface area is 172 Å². The highest BCUT2D eigenvalue weighted by Gasteiger charge is 2.23. The number of ether oxygens (including phenoxy) is 1. The lowest BCUT2D eigenvalue weighted by Gasteiger charge is -2.22. The van der Waals surface area contributed by atoms with Gasteiger partial charge in [-0.3, -0.25) is 9.36 Å². The van der Waals surface area contributed by atoms with E-state index in [0.29, 0.717) is 6.54 Å². The van der Waals surface area contributed by atoms with Gasteiger partial charge in [0.15, 0.2) is 5.16 Å². The van der Waals surface area contributed by atoms with Gasteiger partial charge in [0, 0.05) is 17.2 Å². The van der Waals surface area contributed by atoms with E-state index in [1.807, 2.05) is 12.1 Å². The number of thiophene rings is 1. The van der Waals surface area contributed by atoms with Gasteiger partial charge in [-0.1, -0.05) is 11.8 Å². The van der Waals surface area contributed by atoms with Gasteiger partial charge in [0.2, 0.25) is 0 Å². The van der Waals surface area contributed by atoms with E-state index in [1.54, 1.807) is 33.9 Å². The van der Waals surface area contributed by atoms with Gasteiger partial charge in [-0.25, -0.2) is 4.98 Å². The van der Waals surface area contributed by atoms with E-state index < -0.39 is 0 Å². The molecule has 7 heteroatoms. The predicted octanol–water partition coefficient (Wildman–Crippen LogP) is 4.64. The number of hydrogen-bond donors (Lipinski definition) is 0. The summed E-state index contributed by atoms with van der Waals surface area (Å²) in [6.45, 7) is 1.27. The van der Waals surface area contributed by atoms with E-state index in [-0.39, 0.29) is 11.7 Å². The Kier molecular flexibility index (Phi) is 5.30. The molecule has 28 heavy (non-hydrogen) atoms. The third-order valence-electron chi connectivity index (χ3n) is 5.61. The van der Waals surface area contributed by atoms with E-state index in [2.05, 4.69) is 0 Å². The molecule has 148 valence electrons. The average molecular weight is 417 g/mol. The van der Waals surface area contributed by atoms with E-state index >= 15 is 0 Å². The van der Waals surface area contributed by atoms with Crippen LogP contribution in [0.25, 0.3) is 10.2 Å². The smallest absolute Gasteiger partial charge is 0.263 e. The van der Waals surface area contributed by atoms with Crippen LogP contribution in [0.1, 0.15) is 48.3 Å². The van der Waals surface area contributed by atoms with Crippen molar-refractivity contribution in [3.63, 3.8) is 0 Å². The maximum atomic E-state index is 13.5. The lowest BCUT2D eigenvalue weighted by atomic mass is 9.97. The minimum Gasteiger partial charge on any atom is -0.467 e. The van der Waals surface area contributed by atoms with Crippen LogP contribution in [0.4, 0.5) is 0 Å². The highest BCUT2D eigenvalue weighted by molar-refractivity contribution is 7.99. The van der Waals surface area contributed by atoms with Crippen LogP contribution < -0.4 is 5.56 Å². The molecule has 1 fully saturated rings. The Morgan fingerprint density at radius 1 is 1.25 bits per heavy atom. The lowest BCUT2D eigenvalue weighted by Crippen LogP contribution is -2.26. The fourth-order valence-electron chi connectivity index (χ4n) is 4.13. The number of aromatic nitrogens is 2. The van der Waals surface area contributed by atoms with Gasteiger partial charge in [-0.2, -0.15) is 0 Å². The Hall–Kier alpha value is -1.57.